The standard InChI is InChI=1S/C23H24N4O/c1-18-6-5-7-19(16-18)25-20-10-11-24-22(17-20)23(28)27-14-12-26(13-15-27)21-8-3-2-4-9-21/h2-11,16-17H,12-15H2,1H3,(H,24,25). The number of nitrogens with zero attached hydrogens (tertiary/aromatic N) is 3. The highest BCUT2D eigenvalue weighted by Gasteiger charge is 2.23. The molecule has 0 bridgehead atoms. The van der Waals surface area contributed by atoms with Crippen molar-refractivity contribution in [3.63, 3.8) is 0 Å². The number of anilines is 3. The van der Waals surface area contributed by atoms with Crippen LogP contribution in [0.5, 0.6) is 0 Å². The Labute approximate surface area is 165 Å². The summed E-state index contributed by atoms with van der Waals surface area (Å²) < 4.78 is 0. The number of carbonyl (C=O) groups excluding carboxylic acids is 1. The molecule has 1 amide bonds. The van der Waals surface area contributed by atoms with Crippen LogP contribution in [0.2, 0.25) is 0 Å². The average molecular weight is 372 g/mol. The fourth-order valence-corrected chi connectivity index (χ4v) is 3.48. The summed E-state index contributed by atoms with van der Waals surface area (Å²) in [6, 6.07) is 22.2. The van der Waals surface area contributed by atoms with Crippen molar-refractivity contribution in [3.8, 4) is 0 Å². The lowest BCUT2D eigenvalue weighted by Gasteiger charge is -2.36. The average Bonchev–Trinajstić information content (AvgIpc) is 2.74. The number of pyridine rings is 1. The van der Waals surface area contributed by atoms with Gasteiger partial charge in [-0.25, -0.2) is 0 Å². The molecule has 0 aliphatic carbocycles. The first-order chi connectivity index (χ1) is 13.7. The number of hydrogen-bond donors (Lipinski definition) is 1. The number of benzene rings is 2. The lowest BCUT2D eigenvalue weighted by Crippen LogP contribution is -2.49. The maximum atomic E-state index is 12.9. The Morgan fingerprint density at radius 3 is 2.39 bits per heavy atom. The Kier molecular flexibility index (Phi) is 5.24. The molecule has 1 aliphatic heterocycles. The number of para-hydroxylation sites is 1. The Balaban J connectivity index is 1.41. The van der Waals surface area contributed by atoms with Gasteiger partial charge in [-0.05, 0) is 48.9 Å². The topological polar surface area (TPSA) is 48.5 Å². The molecule has 1 fully saturated rings. The molecule has 5 nitrogen and oxygen atoms in total. The number of rotatable bonds is 4. The van der Waals surface area contributed by atoms with Gasteiger partial charge in [0, 0.05) is 49.4 Å². The molecular weight excluding hydrogens is 348 g/mol. The summed E-state index contributed by atoms with van der Waals surface area (Å²) in [6.45, 7) is 5.12. The van der Waals surface area contributed by atoms with Gasteiger partial charge in [0.05, 0.1) is 0 Å². The number of piperazine rings is 1. The van der Waals surface area contributed by atoms with Crippen LogP contribution in [0.4, 0.5) is 17.1 Å². The van der Waals surface area contributed by atoms with Crippen LogP contribution in [0.3, 0.4) is 0 Å². The van der Waals surface area contributed by atoms with Gasteiger partial charge in [0.2, 0.25) is 0 Å². The maximum absolute atomic E-state index is 12.9. The van der Waals surface area contributed by atoms with E-state index in [1.807, 2.05) is 47.4 Å². The Morgan fingerprint density at radius 2 is 1.64 bits per heavy atom. The number of aromatic nitrogens is 1. The van der Waals surface area contributed by atoms with Crippen molar-refractivity contribution in [2.75, 3.05) is 36.4 Å². The molecule has 0 atom stereocenters. The Hall–Kier alpha value is -3.34. The number of nitrogens with one attached hydrogen (secondary N) is 1. The van der Waals surface area contributed by atoms with Gasteiger partial charge in [-0.1, -0.05) is 30.3 Å². The lowest BCUT2D eigenvalue weighted by atomic mass is 10.2. The van der Waals surface area contributed by atoms with Gasteiger partial charge in [-0.3, -0.25) is 9.78 Å². The van der Waals surface area contributed by atoms with Gasteiger partial charge in [-0.2, -0.15) is 0 Å². The molecule has 5 heteroatoms. The zero-order chi connectivity index (χ0) is 19.3. The molecule has 142 valence electrons. The van der Waals surface area contributed by atoms with E-state index in [2.05, 4.69) is 46.4 Å². The van der Waals surface area contributed by atoms with E-state index in [9.17, 15) is 4.79 Å². The third-order valence-corrected chi connectivity index (χ3v) is 4.97. The van der Waals surface area contributed by atoms with Gasteiger partial charge in [0.25, 0.3) is 5.91 Å². The molecule has 4 rings (SSSR count). The fourth-order valence-electron chi connectivity index (χ4n) is 3.48. The highest BCUT2D eigenvalue weighted by molar-refractivity contribution is 5.93. The van der Waals surface area contributed by atoms with Crippen LogP contribution < -0.4 is 10.2 Å². The monoisotopic (exact) mass is 372 g/mol. The molecule has 0 saturated carbocycles. The first-order valence-electron chi connectivity index (χ1n) is 9.58. The van der Waals surface area contributed by atoms with Crippen LogP contribution in [-0.4, -0.2) is 42.0 Å². The molecule has 2 aromatic carbocycles. The minimum absolute atomic E-state index is 0.0133. The number of carbonyl (C=O) groups is 1. The minimum atomic E-state index is -0.0133. The van der Waals surface area contributed by atoms with E-state index in [1.54, 1.807) is 6.20 Å². The quantitative estimate of drug-likeness (QED) is 0.749. The summed E-state index contributed by atoms with van der Waals surface area (Å²) in [5.74, 6) is -0.0133. The van der Waals surface area contributed by atoms with Crippen LogP contribution in [-0.2, 0) is 0 Å². The Morgan fingerprint density at radius 1 is 0.893 bits per heavy atom. The van der Waals surface area contributed by atoms with Gasteiger partial charge in [0.15, 0.2) is 0 Å². The molecule has 2 heterocycles. The zero-order valence-corrected chi connectivity index (χ0v) is 16.0. The molecular formula is C23H24N4O. The van der Waals surface area contributed by atoms with Gasteiger partial charge < -0.3 is 15.1 Å². The first-order valence-corrected chi connectivity index (χ1v) is 9.58. The zero-order valence-electron chi connectivity index (χ0n) is 16.0. The van der Waals surface area contributed by atoms with E-state index >= 15 is 0 Å². The fraction of sp³-hybridized carbons (Fsp3) is 0.217. The van der Waals surface area contributed by atoms with E-state index in [0.717, 1.165) is 24.5 Å². The van der Waals surface area contributed by atoms with Crippen molar-refractivity contribution >= 4 is 23.0 Å². The number of amides is 1. The molecule has 0 radical (unpaired) electrons. The van der Waals surface area contributed by atoms with Crippen molar-refractivity contribution in [1.29, 1.82) is 0 Å². The summed E-state index contributed by atoms with van der Waals surface area (Å²) in [7, 11) is 0. The Bertz CT molecular complexity index is 950. The van der Waals surface area contributed by atoms with Crippen molar-refractivity contribution in [1.82, 2.24) is 9.88 Å². The second-order valence-electron chi connectivity index (χ2n) is 7.04. The summed E-state index contributed by atoms with van der Waals surface area (Å²) in [5, 5.41) is 3.35. The van der Waals surface area contributed by atoms with Crippen molar-refractivity contribution in [2.24, 2.45) is 0 Å². The van der Waals surface area contributed by atoms with E-state index in [0.29, 0.717) is 18.8 Å². The third kappa shape index (κ3) is 4.14. The summed E-state index contributed by atoms with van der Waals surface area (Å²) >= 11 is 0. The van der Waals surface area contributed by atoms with Crippen molar-refractivity contribution < 1.29 is 4.79 Å². The van der Waals surface area contributed by atoms with Gasteiger partial charge in [-0.15, -0.1) is 0 Å². The smallest absolute Gasteiger partial charge is 0.272 e. The molecule has 1 aromatic heterocycles. The lowest BCUT2D eigenvalue weighted by molar-refractivity contribution is 0.0741. The minimum Gasteiger partial charge on any atom is -0.368 e. The van der Waals surface area contributed by atoms with Crippen LogP contribution in [0, 0.1) is 6.92 Å². The number of hydrogen-bond acceptors (Lipinski definition) is 4. The van der Waals surface area contributed by atoms with Crippen LogP contribution >= 0.6 is 0 Å². The first kappa shape index (κ1) is 18.0. The number of aryl methyl sites for hydroxylation is 1. The molecule has 1 aliphatic rings. The van der Waals surface area contributed by atoms with E-state index in [1.165, 1.54) is 11.3 Å². The predicted molar refractivity (Wildman–Crippen MR) is 113 cm³/mol. The molecule has 0 spiro atoms. The summed E-state index contributed by atoms with van der Waals surface area (Å²) in [4.78, 5) is 21.4. The second kappa shape index (κ2) is 8.13. The summed E-state index contributed by atoms with van der Waals surface area (Å²) in [5.41, 5.74) is 4.74. The third-order valence-electron chi connectivity index (χ3n) is 4.97. The molecule has 3 aromatic rings. The van der Waals surface area contributed by atoms with E-state index in [-0.39, 0.29) is 5.91 Å². The SMILES string of the molecule is Cc1cccc(Nc2ccnc(C(=O)N3CCN(c4ccccc4)CC3)c2)c1. The molecule has 28 heavy (non-hydrogen) atoms. The second-order valence-corrected chi connectivity index (χ2v) is 7.04. The van der Waals surface area contributed by atoms with Crippen LogP contribution in [0.1, 0.15) is 16.1 Å². The normalized spacial score (nSPS) is 14.0. The van der Waals surface area contributed by atoms with Crippen molar-refractivity contribution in [2.45, 2.75) is 6.92 Å². The van der Waals surface area contributed by atoms with Crippen molar-refractivity contribution in [3.05, 3.63) is 84.2 Å². The van der Waals surface area contributed by atoms with Crippen LogP contribution in [0.15, 0.2) is 72.9 Å². The predicted octanol–water partition coefficient (Wildman–Crippen LogP) is 4.10. The van der Waals surface area contributed by atoms with Gasteiger partial charge in [0.1, 0.15) is 5.69 Å². The molecule has 0 unspecified atom stereocenters. The largest absolute Gasteiger partial charge is 0.368 e. The molecule has 1 N–H and O–H groups in total. The van der Waals surface area contributed by atoms with Gasteiger partial charge >= 0.3 is 0 Å². The summed E-state index contributed by atoms with van der Waals surface area (Å²) in [6.07, 6.45) is 1.69. The van der Waals surface area contributed by atoms with Crippen LogP contribution in [0.25, 0.3) is 0 Å². The highest BCUT2D eigenvalue weighted by Crippen LogP contribution is 2.20. The molecule has 1 saturated heterocycles. The maximum Gasteiger partial charge on any atom is 0.272 e. The van der Waals surface area contributed by atoms with E-state index in [4.69, 9.17) is 0 Å². The highest BCUT2D eigenvalue weighted by atomic mass is 16.2. The van der Waals surface area contributed by atoms with E-state index < -0.39 is 0 Å².